The lowest BCUT2D eigenvalue weighted by Crippen LogP contribution is -2.38. The van der Waals surface area contributed by atoms with Gasteiger partial charge in [0.25, 0.3) is 5.91 Å². The second kappa shape index (κ2) is 8.58. The Hall–Kier alpha value is -2.86. The highest BCUT2D eigenvalue weighted by Gasteiger charge is 2.32. The van der Waals surface area contributed by atoms with Gasteiger partial charge in [-0.1, -0.05) is 31.2 Å². The quantitative estimate of drug-likeness (QED) is 0.523. The molecule has 1 amide bonds. The van der Waals surface area contributed by atoms with Crippen molar-refractivity contribution in [2.24, 2.45) is 0 Å². The lowest BCUT2D eigenvalue weighted by Gasteiger charge is -2.35. The zero-order chi connectivity index (χ0) is 22.2. The molecule has 5 rings (SSSR count). The van der Waals surface area contributed by atoms with Gasteiger partial charge in [-0.3, -0.25) is 4.79 Å². The summed E-state index contributed by atoms with van der Waals surface area (Å²) in [7, 11) is 0. The first-order valence-electron chi connectivity index (χ1n) is 11.3. The van der Waals surface area contributed by atoms with Gasteiger partial charge in [0.2, 0.25) is 0 Å². The first-order chi connectivity index (χ1) is 15.5. The van der Waals surface area contributed by atoms with Gasteiger partial charge in [-0.05, 0) is 55.5 Å². The molecule has 2 aromatic carbocycles. The maximum Gasteiger partial charge on any atom is 0.266 e. The highest BCUT2D eigenvalue weighted by molar-refractivity contribution is 7.17. The van der Waals surface area contributed by atoms with E-state index in [1.807, 2.05) is 11.8 Å². The van der Waals surface area contributed by atoms with Crippen LogP contribution in [0.2, 0.25) is 0 Å². The van der Waals surface area contributed by atoms with Crippen molar-refractivity contribution in [2.75, 3.05) is 19.8 Å². The molecule has 1 aromatic heterocycles. The summed E-state index contributed by atoms with van der Waals surface area (Å²) in [6.45, 7) is 8.20. The van der Waals surface area contributed by atoms with Crippen LogP contribution in [-0.4, -0.2) is 35.5 Å². The monoisotopic (exact) mass is 448 g/mol. The first-order valence-corrected chi connectivity index (χ1v) is 12.2. The number of carbonyl (C=O) groups is 1. The lowest BCUT2D eigenvalue weighted by molar-refractivity contribution is 0.0681. The second-order valence-corrected chi connectivity index (χ2v) is 9.46. The van der Waals surface area contributed by atoms with E-state index < -0.39 is 0 Å². The molecule has 0 radical (unpaired) electrons. The molecule has 3 aromatic rings. The number of hydrogen-bond donors (Lipinski definition) is 0. The average molecular weight is 449 g/mol. The third kappa shape index (κ3) is 3.77. The number of aryl methyl sites for hydroxylation is 2. The molecule has 2 aliphatic rings. The van der Waals surface area contributed by atoms with E-state index in [1.54, 1.807) is 0 Å². The van der Waals surface area contributed by atoms with Gasteiger partial charge in [0.05, 0.1) is 24.9 Å². The van der Waals surface area contributed by atoms with E-state index >= 15 is 0 Å². The molecule has 0 fully saturated rings. The molecular formula is C26H28N2O3S. The molecular weight excluding hydrogens is 420 g/mol. The Kier molecular flexibility index (Phi) is 5.64. The minimum Gasteiger partial charge on any atom is -0.490 e. The second-order valence-electron chi connectivity index (χ2n) is 8.46. The maximum absolute atomic E-state index is 13.6. The standard InChI is InChI=1S/C26H28N2O3S/c1-4-18-6-8-19(9-7-18)25-27-16(2)24(32-25)26(29)28-11-10-20-14-22-23(15-21(20)17(28)3)31-13-5-12-30-22/h6-9,14-15,17H,4-5,10-13H2,1-3H3/t17-/m0/s1. The van der Waals surface area contributed by atoms with Crippen LogP contribution in [0.1, 0.15) is 58.4 Å². The van der Waals surface area contributed by atoms with E-state index in [2.05, 4.69) is 50.2 Å². The zero-order valence-electron chi connectivity index (χ0n) is 18.8. The van der Waals surface area contributed by atoms with Gasteiger partial charge in [0.1, 0.15) is 9.88 Å². The molecule has 1 atom stereocenters. The van der Waals surface area contributed by atoms with Crippen LogP contribution in [0.25, 0.3) is 10.6 Å². The number of aromatic nitrogens is 1. The Morgan fingerprint density at radius 1 is 1.16 bits per heavy atom. The van der Waals surface area contributed by atoms with Gasteiger partial charge in [-0.15, -0.1) is 11.3 Å². The lowest BCUT2D eigenvalue weighted by atomic mass is 9.92. The van der Waals surface area contributed by atoms with Crippen LogP contribution in [0.5, 0.6) is 11.5 Å². The van der Waals surface area contributed by atoms with Crippen molar-refractivity contribution in [1.29, 1.82) is 0 Å². The number of hydrogen-bond acceptors (Lipinski definition) is 5. The summed E-state index contributed by atoms with van der Waals surface area (Å²) in [4.78, 5) is 21.0. The Balaban J connectivity index is 1.42. The number of rotatable bonds is 3. The Labute approximate surface area is 193 Å². The Morgan fingerprint density at radius 2 is 1.88 bits per heavy atom. The van der Waals surface area contributed by atoms with Crippen molar-refractivity contribution in [3.63, 3.8) is 0 Å². The highest BCUT2D eigenvalue weighted by Crippen LogP contribution is 2.40. The van der Waals surface area contributed by atoms with E-state index in [0.717, 1.165) is 57.5 Å². The van der Waals surface area contributed by atoms with E-state index in [0.29, 0.717) is 19.8 Å². The van der Waals surface area contributed by atoms with Crippen LogP contribution in [0.4, 0.5) is 0 Å². The van der Waals surface area contributed by atoms with Crippen molar-refractivity contribution in [3.8, 4) is 22.1 Å². The zero-order valence-corrected chi connectivity index (χ0v) is 19.6. The number of ether oxygens (including phenoxy) is 2. The van der Waals surface area contributed by atoms with Crippen LogP contribution in [-0.2, 0) is 12.8 Å². The van der Waals surface area contributed by atoms with Crippen LogP contribution < -0.4 is 9.47 Å². The molecule has 0 spiro atoms. The fourth-order valence-corrected chi connectivity index (χ4v) is 5.51. The molecule has 0 bridgehead atoms. The number of nitrogens with zero attached hydrogens (tertiary/aromatic N) is 2. The van der Waals surface area contributed by atoms with Crippen LogP contribution in [0.15, 0.2) is 36.4 Å². The van der Waals surface area contributed by atoms with Crippen LogP contribution in [0, 0.1) is 6.92 Å². The van der Waals surface area contributed by atoms with Gasteiger partial charge in [-0.25, -0.2) is 4.98 Å². The Morgan fingerprint density at radius 3 is 2.59 bits per heavy atom. The van der Waals surface area contributed by atoms with Crippen molar-refractivity contribution in [2.45, 2.75) is 46.1 Å². The minimum atomic E-state index is -0.0304. The SMILES string of the molecule is CCc1ccc(-c2nc(C)c(C(=O)N3CCc4cc5c(cc4[C@@H]3C)OCCCO5)s2)cc1. The van der Waals surface area contributed by atoms with Crippen molar-refractivity contribution < 1.29 is 14.3 Å². The van der Waals surface area contributed by atoms with Gasteiger partial charge >= 0.3 is 0 Å². The summed E-state index contributed by atoms with van der Waals surface area (Å²) in [5.74, 6) is 1.67. The largest absolute Gasteiger partial charge is 0.490 e. The van der Waals surface area contributed by atoms with Gasteiger partial charge < -0.3 is 14.4 Å². The molecule has 6 heteroatoms. The topological polar surface area (TPSA) is 51.7 Å². The van der Waals surface area contributed by atoms with Crippen molar-refractivity contribution >= 4 is 17.2 Å². The number of amides is 1. The molecule has 0 unspecified atom stereocenters. The van der Waals surface area contributed by atoms with E-state index in [-0.39, 0.29) is 11.9 Å². The molecule has 3 heterocycles. The molecule has 2 aliphatic heterocycles. The van der Waals surface area contributed by atoms with Crippen molar-refractivity contribution in [1.82, 2.24) is 9.88 Å². The number of thiazole rings is 1. The van der Waals surface area contributed by atoms with Gasteiger partial charge in [-0.2, -0.15) is 0 Å². The average Bonchev–Trinajstić information content (AvgIpc) is 3.05. The Bertz CT molecular complexity index is 1150. The summed E-state index contributed by atoms with van der Waals surface area (Å²) < 4.78 is 11.8. The van der Waals surface area contributed by atoms with E-state index in [1.165, 1.54) is 22.5 Å². The smallest absolute Gasteiger partial charge is 0.266 e. The third-order valence-corrected chi connectivity index (χ3v) is 7.60. The van der Waals surface area contributed by atoms with E-state index in [4.69, 9.17) is 14.5 Å². The molecule has 32 heavy (non-hydrogen) atoms. The molecule has 0 N–H and O–H groups in total. The normalized spacial score (nSPS) is 17.6. The number of carbonyl (C=O) groups excluding carboxylic acids is 1. The first kappa shape index (κ1) is 21.0. The maximum atomic E-state index is 13.6. The van der Waals surface area contributed by atoms with Crippen molar-refractivity contribution in [3.05, 3.63) is 63.7 Å². The summed E-state index contributed by atoms with van der Waals surface area (Å²) in [6.07, 6.45) is 2.70. The number of fused-ring (bicyclic) bond motifs is 2. The predicted octanol–water partition coefficient (Wildman–Crippen LogP) is 5.60. The van der Waals surface area contributed by atoms with Gasteiger partial charge in [0.15, 0.2) is 11.5 Å². The molecule has 0 aliphatic carbocycles. The highest BCUT2D eigenvalue weighted by atomic mass is 32.1. The minimum absolute atomic E-state index is 0.0304. The summed E-state index contributed by atoms with van der Waals surface area (Å²) in [5.41, 5.74) is 5.54. The fraction of sp³-hybridized carbons (Fsp3) is 0.385. The third-order valence-electron chi connectivity index (χ3n) is 6.41. The molecule has 166 valence electrons. The predicted molar refractivity (Wildman–Crippen MR) is 127 cm³/mol. The summed E-state index contributed by atoms with van der Waals surface area (Å²) in [5, 5.41) is 0.898. The van der Waals surface area contributed by atoms with Gasteiger partial charge in [0, 0.05) is 18.5 Å². The fourth-order valence-electron chi connectivity index (χ4n) is 4.48. The molecule has 0 saturated heterocycles. The van der Waals surface area contributed by atoms with Crippen LogP contribution in [0.3, 0.4) is 0 Å². The van der Waals surface area contributed by atoms with E-state index in [9.17, 15) is 4.79 Å². The summed E-state index contributed by atoms with van der Waals surface area (Å²) in [6, 6.07) is 12.6. The molecule has 5 nitrogen and oxygen atoms in total. The number of benzene rings is 2. The summed E-state index contributed by atoms with van der Waals surface area (Å²) >= 11 is 1.49. The van der Waals surface area contributed by atoms with Crippen LogP contribution >= 0.6 is 11.3 Å². The molecule has 0 saturated carbocycles.